The molecule has 2 heteroatoms. The maximum atomic E-state index is 13.0. The second-order valence-corrected chi connectivity index (χ2v) is 6.55. The molecule has 1 aromatic carbocycles. The molecule has 1 heterocycles. The number of nitrogens with zero attached hydrogens (tertiary/aromatic N) is 1. The molecule has 3 rings (SSSR count). The average molecular weight is 271 g/mol. The zero-order chi connectivity index (χ0) is 14.2. The number of Topliss-reactive ketones (excluding diaryl/α,β-unsaturated/α-hetero) is 1. The van der Waals surface area contributed by atoms with E-state index in [9.17, 15) is 4.79 Å². The highest BCUT2D eigenvalue weighted by Gasteiger charge is 2.51. The SMILES string of the molecule is CCC(C)(C(=O)C1CC1c1ccccc1)N1CCCC1. The number of ketones is 1. The Labute approximate surface area is 122 Å². The van der Waals surface area contributed by atoms with Crippen molar-refractivity contribution < 1.29 is 4.79 Å². The molecule has 0 N–H and O–H groups in total. The van der Waals surface area contributed by atoms with Crippen LogP contribution in [0.15, 0.2) is 30.3 Å². The van der Waals surface area contributed by atoms with E-state index in [-0.39, 0.29) is 11.5 Å². The summed E-state index contributed by atoms with van der Waals surface area (Å²) in [5.74, 6) is 1.20. The first kappa shape index (κ1) is 13.8. The van der Waals surface area contributed by atoms with Gasteiger partial charge < -0.3 is 0 Å². The van der Waals surface area contributed by atoms with Crippen LogP contribution in [0.4, 0.5) is 0 Å². The fourth-order valence-electron chi connectivity index (χ4n) is 3.72. The molecule has 2 nitrogen and oxygen atoms in total. The number of likely N-dealkylation sites (tertiary alicyclic amines) is 1. The number of hydrogen-bond acceptors (Lipinski definition) is 2. The fraction of sp³-hybridized carbons (Fsp3) is 0.611. The molecule has 0 bridgehead atoms. The van der Waals surface area contributed by atoms with Gasteiger partial charge in [-0.25, -0.2) is 0 Å². The zero-order valence-corrected chi connectivity index (χ0v) is 12.6. The van der Waals surface area contributed by atoms with Crippen LogP contribution in [0.5, 0.6) is 0 Å². The second kappa shape index (κ2) is 5.33. The van der Waals surface area contributed by atoms with Gasteiger partial charge in [-0.05, 0) is 57.2 Å². The van der Waals surface area contributed by atoms with Crippen LogP contribution in [0.25, 0.3) is 0 Å². The van der Waals surface area contributed by atoms with Gasteiger partial charge in [-0.15, -0.1) is 0 Å². The van der Waals surface area contributed by atoms with Crippen LogP contribution in [0.2, 0.25) is 0 Å². The first-order chi connectivity index (χ1) is 9.66. The van der Waals surface area contributed by atoms with Crippen molar-refractivity contribution in [2.75, 3.05) is 13.1 Å². The minimum absolute atomic E-state index is 0.231. The molecule has 20 heavy (non-hydrogen) atoms. The third-order valence-corrected chi connectivity index (χ3v) is 5.38. The van der Waals surface area contributed by atoms with Crippen LogP contribution < -0.4 is 0 Å². The Balaban J connectivity index is 1.73. The highest BCUT2D eigenvalue weighted by molar-refractivity contribution is 5.93. The van der Waals surface area contributed by atoms with Crippen LogP contribution in [-0.4, -0.2) is 29.3 Å². The largest absolute Gasteiger partial charge is 0.297 e. The summed E-state index contributed by atoms with van der Waals surface area (Å²) in [6, 6.07) is 10.5. The molecule has 1 aliphatic heterocycles. The molecule has 0 amide bonds. The quantitative estimate of drug-likeness (QED) is 0.815. The summed E-state index contributed by atoms with van der Waals surface area (Å²) in [6.07, 6.45) is 4.47. The van der Waals surface area contributed by atoms with Gasteiger partial charge in [0.05, 0.1) is 5.54 Å². The van der Waals surface area contributed by atoms with E-state index in [0.717, 1.165) is 25.9 Å². The standard InChI is InChI=1S/C18H25NO/c1-3-18(2,19-11-7-8-12-19)17(20)16-13-15(16)14-9-5-4-6-10-14/h4-6,9-10,15-16H,3,7-8,11-13H2,1-2H3. The Morgan fingerprint density at radius 3 is 2.50 bits per heavy atom. The van der Waals surface area contributed by atoms with Gasteiger partial charge >= 0.3 is 0 Å². The molecule has 0 aromatic heterocycles. The van der Waals surface area contributed by atoms with Crippen molar-refractivity contribution in [3.63, 3.8) is 0 Å². The van der Waals surface area contributed by atoms with Gasteiger partial charge in [0.1, 0.15) is 0 Å². The summed E-state index contributed by atoms with van der Waals surface area (Å²) >= 11 is 0. The van der Waals surface area contributed by atoms with E-state index >= 15 is 0 Å². The van der Waals surface area contributed by atoms with Crippen LogP contribution in [0.3, 0.4) is 0 Å². The Bertz CT molecular complexity index is 477. The van der Waals surface area contributed by atoms with Gasteiger partial charge in [-0.1, -0.05) is 37.3 Å². The lowest BCUT2D eigenvalue weighted by Gasteiger charge is -2.37. The van der Waals surface area contributed by atoms with Gasteiger partial charge in [-0.3, -0.25) is 9.69 Å². The highest BCUT2D eigenvalue weighted by atomic mass is 16.1. The van der Waals surface area contributed by atoms with E-state index in [4.69, 9.17) is 0 Å². The topological polar surface area (TPSA) is 20.3 Å². The smallest absolute Gasteiger partial charge is 0.156 e. The Morgan fingerprint density at radius 1 is 1.25 bits per heavy atom. The number of carbonyl (C=O) groups is 1. The molecule has 2 fully saturated rings. The molecular weight excluding hydrogens is 246 g/mol. The predicted octanol–water partition coefficient (Wildman–Crippen LogP) is 3.62. The molecule has 1 aromatic rings. The third kappa shape index (κ3) is 2.31. The summed E-state index contributed by atoms with van der Waals surface area (Å²) < 4.78 is 0. The maximum Gasteiger partial charge on any atom is 0.156 e. The van der Waals surface area contributed by atoms with Crippen molar-refractivity contribution in [1.82, 2.24) is 4.90 Å². The third-order valence-electron chi connectivity index (χ3n) is 5.38. The zero-order valence-electron chi connectivity index (χ0n) is 12.6. The summed E-state index contributed by atoms with van der Waals surface area (Å²) in [4.78, 5) is 15.4. The lowest BCUT2D eigenvalue weighted by atomic mass is 9.87. The minimum atomic E-state index is -0.231. The molecule has 3 unspecified atom stereocenters. The predicted molar refractivity (Wildman–Crippen MR) is 81.8 cm³/mol. The molecular formula is C18H25NO. The summed E-state index contributed by atoms with van der Waals surface area (Å²) in [5.41, 5.74) is 1.11. The minimum Gasteiger partial charge on any atom is -0.297 e. The molecule has 1 saturated heterocycles. The van der Waals surface area contributed by atoms with Crippen LogP contribution in [0.1, 0.15) is 51.0 Å². The number of benzene rings is 1. The monoisotopic (exact) mass is 271 g/mol. The Hall–Kier alpha value is -1.15. The van der Waals surface area contributed by atoms with Gasteiger partial charge in [0.2, 0.25) is 0 Å². The first-order valence-corrected chi connectivity index (χ1v) is 8.01. The van der Waals surface area contributed by atoms with E-state index in [0.29, 0.717) is 11.7 Å². The van der Waals surface area contributed by atoms with E-state index in [2.05, 4.69) is 43.0 Å². The summed E-state index contributed by atoms with van der Waals surface area (Å²) in [7, 11) is 0. The number of rotatable bonds is 5. The van der Waals surface area contributed by atoms with E-state index < -0.39 is 0 Å². The van der Waals surface area contributed by atoms with Gasteiger partial charge in [0, 0.05) is 5.92 Å². The molecule has 3 atom stereocenters. The molecule has 2 aliphatic rings. The first-order valence-electron chi connectivity index (χ1n) is 8.01. The Morgan fingerprint density at radius 2 is 1.90 bits per heavy atom. The molecule has 1 aliphatic carbocycles. The van der Waals surface area contributed by atoms with Crippen molar-refractivity contribution in [2.24, 2.45) is 5.92 Å². The maximum absolute atomic E-state index is 13.0. The highest BCUT2D eigenvalue weighted by Crippen LogP contribution is 2.50. The van der Waals surface area contributed by atoms with Gasteiger partial charge in [0.25, 0.3) is 0 Å². The molecule has 108 valence electrons. The lowest BCUT2D eigenvalue weighted by molar-refractivity contribution is -0.131. The van der Waals surface area contributed by atoms with Crippen molar-refractivity contribution in [3.8, 4) is 0 Å². The van der Waals surface area contributed by atoms with Crippen molar-refractivity contribution in [3.05, 3.63) is 35.9 Å². The fourth-order valence-corrected chi connectivity index (χ4v) is 3.72. The summed E-state index contributed by atoms with van der Waals surface area (Å²) in [6.45, 7) is 6.52. The normalized spacial score (nSPS) is 29.1. The van der Waals surface area contributed by atoms with Gasteiger partial charge in [0.15, 0.2) is 5.78 Å². The van der Waals surface area contributed by atoms with E-state index in [1.807, 2.05) is 6.07 Å². The number of carbonyl (C=O) groups excluding carboxylic acids is 1. The number of hydrogen-bond donors (Lipinski definition) is 0. The molecule has 0 spiro atoms. The second-order valence-electron chi connectivity index (χ2n) is 6.55. The van der Waals surface area contributed by atoms with Crippen LogP contribution in [-0.2, 0) is 4.79 Å². The average Bonchev–Trinajstić information content (AvgIpc) is 3.10. The van der Waals surface area contributed by atoms with Crippen molar-refractivity contribution in [2.45, 2.75) is 51.0 Å². The van der Waals surface area contributed by atoms with Crippen molar-refractivity contribution in [1.29, 1.82) is 0 Å². The Kier molecular flexibility index (Phi) is 3.68. The molecule has 1 saturated carbocycles. The van der Waals surface area contributed by atoms with E-state index in [1.165, 1.54) is 18.4 Å². The lowest BCUT2D eigenvalue weighted by Crippen LogP contribution is -2.51. The summed E-state index contributed by atoms with van der Waals surface area (Å²) in [5, 5.41) is 0. The van der Waals surface area contributed by atoms with Crippen LogP contribution >= 0.6 is 0 Å². The van der Waals surface area contributed by atoms with E-state index in [1.54, 1.807) is 0 Å². The molecule has 0 radical (unpaired) electrons. The van der Waals surface area contributed by atoms with Crippen LogP contribution in [0, 0.1) is 5.92 Å². The van der Waals surface area contributed by atoms with Gasteiger partial charge in [-0.2, -0.15) is 0 Å². The van der Waals surface area contributed by atoms with Crippen molar-refractivity contribution >= 4 is 5.78 Å².